The second-order valence-corrected chi connectivity index (χ2v) is 5.87. The van der Waals surface area contributed by atoms with Crippen LogP contribution < -0.4 is 5.32 Å². The molecule has 0 spiro atoms. The third kappa shape index (κ3) is 5.00. The van der Waals surface area contributed by atoms with E-state index in [-0.39, 0.29) is 18.7 Å². The van der Waals surface area contributed by atoms with Crippen LogP contribution in [-0.2, 0) is 22.4 Å². The molecule has 22 heavy (non-hydrogen) atoms. The highest BCUT2D eigenvalue weighted by Crippen LogP contribution is 2.12. The fourth-order valence-corrected chi connectivity index (χ4v) is 2.35. The Labute approximate surface area is 137 Å². The Morgan fingerprint density at radius 1 is 1.00 bits per heavy atom. The van der Waals surface area contributed by atoms with Gasteiger partial charge in [0.2, 0.25) is 5.91 Å². The van der Waals surface area contributed by atoms with Crippen LogP contribution in [0.15, 0.2) is 59.1 Å². The second kappa shape index (κ2) is 7.75. The van der Waals surface area contributed by atoms with E-state index in [1.807, 2.05) is 54.6 Å². The maximum Gasteiger partial charge on any atom is 0.326 e. The quantitative estimate of drug-likeness (QED) is 0.831. The molecule has 0 aliphatic heterocycles. The van der Waals surface area contributed by atoms with Gasteiger partial charge in [0.1, 0.15) is 6.04 Å². The summed E-state index contributed by atoms with van der Waals surface area (Å²) in [7, 11) is 0. The van der Waals surface area contributed by atoms with Crippen molar-refractivity contribution in [2.45, 2.75) is 18.9 Å². The molecule has 0 saturated carbocycles. The molecule has 0 bridgehead atoms. The summed E-state index contributed by atoms with van der Waals surface area (Å²) < 4.78 is 0.927. The minimum Gasteiger partial charge on any atom is -0.480 e. The van der Waals surface area contributed by atoms with E-state index >= 15 is 0 Å². The summed E-state index contributed by atoms with van der Waals surface area (Å²) in [6.07, 6.45) is 0.425. The zero-order valence-electron chi connectivity index (χ0n) is 11.8. The van der Waals surface area contributed by atoms with Crippen LogP contribution in [0.5, 0.6) is 0 Å². The van der Waals surface area contributed by atoms with Crippen LogP contribution in [0.3, 0.4) is 0 Å². The molecule has 2 aromatic carbocycles. The van der Waals surface area contributed by atoms with Crippen LogP contribution in [0, 0.1) is 0 Å². The van der Waals surface area contributed by atoms with E-state index in [1.54, 1.807) is 0 Å². The van der Waals surface area contributed by atoms with E-state index in [0.717, 1.165) is 15.6 Å². The number of nitrogens with one attached hydrogen (secondary N) is 1. The summed E-state index contributed by atoms with van der Waals surface area (Å²) in [5.41, 5.74) is 1.71. The molecule has 2 N–H and O–H groups in total. The molecule has 1 amide bonds. The van der Waals surface area contributed by atoms with Crippen LogP contribution in [-0.4, -0.2) is 23.0 Å². The van der Waals surface area contributed by atoms with E-state index in [0.29, 0.717) is 0 Å². The maximum absolute atomic E-state index is 12.0. The van der Waals surface area contributed by atoms with Crippen molar-refractivity contribution in [3.63, 3.8) is 0 Å². The number of aliphatic carboxylic acids is 1. The molecule has 1 atom stereocenters. The number of hydrogen-bond donors (Lipinski definition) is 2. The number of amides is 1. The van der Waals surface area contributed by atoms with Gasteiger partial charge in [0.05, 0.1) is 6.42 Å². The van der Waals surface area contributed by atoms with Crippen molar-refractivity contribution in [2.24, 2.45) is 0 Å². The lowest BCUT2D eigenvalue weighted by atomic mass is 10.1. The zero-order valence-corrected chi connectivity index (χ0v) is 13.4. The fraction of sp³-hybridized carbons (Fsp3) is 0.176. The Morgan fingerprint density at radius 3 is 2.23 bits per heavy atom. The number of carbonyl (C=O) groups excluding carboxylic acids is 1. The number of halogens is 1. The highest BCUT2D eigenvalue weighted by atomic mass is 79.9. The van der Waals surface area contributed by atoms with Crippen molar-refractivity contribution in [3.05, 3.63) is 70.2 Å². The average molecular weight is 362 g/mol. The fourth-order valence-electron chi connectivity index (χ4n) is 2.08. The highest BCUT2D eigenvalue weighted by molar-refractivity contribution is 9.10. The summed E-state index contributed by atoms with van der Waals surface area (Å²) in [5, 5.41) is 11.9. The second-order valence-electron chi connectivity index (χ2n) is 4.95. The van der Waals surface area contributed by atoms with E-state index in [2.05, 4.69) is 21.2 Å². The van der Waals surface area contributed by atoms with Crippen molar-refractivity contribution < 1.29 is 14.7 Å². The molecule has 0 aliphatic carbocycles. The van der Waals surface area contributed by atoms with E-state index < -0.39 is 12.0 Å². The van der Waals surface area contributed by atoms with Crippen molar-refractivity contribution in [1.29, 1.82) is 0 Å². The van der Waals surface area contributed by atoms with Gasteiger partial charge in [0, 0.05) is 10.9 Å². The van der Waals surface area contributed by atoms with Gasteiger partial charge in [-0.2, -0.15) is 0 Å². The average Bonchev–Trinajstić information content (AvgIpc) is 2.49. The van der Waals surface area contributed by atoms with Gasteiger partial charge >= 0.3 is 5.97 Å². The summed E-state index contributed by atoms with van der Waals surface area (Å²) >= 11 is 3.33. The SMILES string of the molecule is O=C(Cc1ccccc1)N[C@H](Cc1ccc(Br)cc1)C(=O)O. The van der Waals surface area contributed by atoms with Crippen LogP contribution >= 0.6 is 15.9 Å². The molecular formula is C17H16BrNO3. The van der Waals surface area contributed by atoms with Crippen LogP contribution in [0.4, 0.5) is 0 Å². The third-order valence-corrected chi connectivity index (χ3v) is 3.72. The largest absolute Gasteiger partial charge is 0.480 e. The van der Waals surface area contributed by atoms with Crippen molar-refractivity contribution >= 4 is 27.8 Å². The van der Waals surface area contributed by atoms with Gasteiger partial charge in [0.25, 0.3) is 0 Å². The minimum atomic E-state index is -1.04. The molecule has 2 aromatic rings. The lowest BCUT2D eigenvalue weighted by Crippen LogP contribution is -2.43. The molecule has 0 saturated heterocycles. The summed E-state index contributed by atoms with van der Waals surface area (Å²) in [5.74, 6) is -1.33. The lowest BCUT2D eigenvalue weighted by Gasteiger charge is -2.15. The number of carboxylic acid groups (broad SMARTS) is 1. The Balaban J connectivity index is 1.98. The Kier molecular flexibility index (Phi) is 5.72. The molecular weight excluding hydrogens is 346 g/mol. The number of hydrogen-bond acceptors (Lipinski definition) is 2. The maximum atomic E-state index is 12.0. The molecule has 0 unspecified atom stereocenters. The predicted molar refractivity (Wildman–Crippen MR) is 87.6 cm³/mol. The van der Waals surface area contributed by atoms with Crippen LogP contribution in [0.25, 0.3) is 0 Å². The molecule has 2 rings (SSSR count). The predicted octanol–water partition coefficient (Wildman–Crippen LogP) is 2.80. The Morgan fingerprint density at radius 2 is 1.64 bits per heavy atom. The van der Waals surface area contributed by atoms with Gasteiger partial charge in [0.15, 0.2) is 0 Å². The van der Waals surface area contributed by atoms with Crippen molar-refractivity contribution in [1.82, 2.24) is 5.32 Å². The number of carboxylic acids is 1. The molecule has 5 heteroatoms. The van der Waals surface area contributed by atoms with Crippen LogP contribution in [0.1, 0.15) is 11.1 Å². The number of benzene rings is 2. The topological polar surface area (TPSA) is 66.4 Å². The first-order chi connectivity index (χ1) is 10.5. The molecule has 0 aliphatic rings. The van der Waals surface area contributed by atoms with Gasteiger partial charge in [-0.3, -0.25) is 4.79 Å². The molecule has 0 radical (unpaired) electrons. The molecule has 4 nitrogen and oxygen atoms in total. The van der Waals surface area contributed by atoms with E-state index in [9.17, 15) is 14.7 Å². The van der Waals surface area contributed by atoms with Gasteiger partial charge in [-0.15, -0.1) is 0 Å². The van der Waals surface area contributed by atoms with Crippen molar-refractivity contribution in [2.75, 3.05) is 0 Å². The standard InChI is InChI=1S/C17H16BrNO3/c18-14-8-6-13(7-9-14)10-15(17(21)22)19-16(20)11-12-4-2-1-3-5-12/h1-9,15H,10-11H2,(H,19,20)(H,21,22)/t15-/m1/s1. The Hall–Kier alpha value is -2.14. The van der Waals surface area contributed by atoms with Crippen molar-refractivity contribution in [3.8, 4) is 0 Å². The monoisotopic (exact) mass is 361 g/mol. The van der Waals surface area contributed by atoms with Gasteiger partial charge in [-0.25, -0.2) is 4.79 Å². The Bertz CT molecular complexity index is 641. The third-order valence-electron chi connectivity index (χ3n) is 3.19. The molecule has 0 aromatic heterocycles. The van der Waals surface area contributed by atoms with Gasteiger partial charge < -0.3 is 10.4 Å². The first kappa shape index (κ1) is 16.2. The first-order valence-electron chi connectivity index (χ1n) is 6.85. The summed E-state index contributed by atoms with van der Waals surface area (Å²) in [6, 6.07) is 15.7. The minimum absolute atomic E-state index is 0.172. The summed E-state index contributed by atoms with van der Waals surface area (Å²) in [6.45, 7) is 0. The summed E-state index contributed by atoms with van der Waals surface area (Å²) in [4.78, 5) is 23.3. The van der Waals surface area contributed by atoms with Crippen LogP contribution in [0.2, 0.25) is 0 Å². The number of carbonyl (C=O) groups is 2. The molecule has 114 valence electrons. The number of rotatable bonds is 6. The van der Waals surface area contributed by atoms with E-state index in [4.69, 9.17) is 0 Å². The lowest BCUT2D eigenvalue weighted by molar-refractivity contribution is -0.141. The molecule has 0 heterocycles. The zero-order chi connectivity index (χ0) is 15.9. The van der Waals surface area contributed by atoms with E-state index in [1.165, 1.54) is 0 Å². The first-order valence-corrected chi connectivity index (χ1v) is 7.64. The van der Waals surface area contributed by atoms with Gasteiger partial charge in [-0.1, -0.05) is 58.4 Å². The molecule has 0 fully saturated rings. The van der Waals surface area contributed by atoms with Gasteiger partial charge in [-0.05, 0) is 23.3 Å². The normalized spacial score (nSPS) is 11.7. The highest BCUT2D eigenvalue weighted by Gasteiger charge is 2.20. The smallest absolute Gasteiger partial charge is 0.326 e.